The zero-order chi connectivity index (χ0) is 37.8. The van der Waals surface area contributed by atoms with Crippen molar-refractivity contribution in [3.05, 3.63) is 98.7 Å². The van der Waals surface area contributed by atoms with Crippen LogP contribution in [0.3, 0.4) is 0 Å². The normalized spacial score (nSPS) is 19.7. The molecule has 0 radical (unpaired) electrons. The zero-order valence-electron chi connectivity index (χ0n) is 30.7. The zero-order valence-corrected chi connectivity index (χ0v) is 30.7. The predicted octanol–water partition coefficient (Wildman–Crippen LogP) is 2.63. The monoisotopic (exact) mass is 713 g/mol. The standard InChI is InChI=1S/C39H51N7O6/c1-24(2)21-32-37(50)41-27(5)35(48)40-19-9-10-20-46(34(47)18-17-31-25(3)42-39(52)43-26(31)4)23-29-13-15-30(16-14-29)36(49)44-33(38(51)45-32)22-28-11-7-6-8-12-28/h6-8,11-16,24,27,32-33H,9-10,17-23H2,1-5H3,(H,40,48)(H,41,50)(H,44,49)(H,45,51)(H,42,43,52)/t27-,32+,33-/m1/s1. The Morgan fingerprint density at radius 3 is 2.23 bits per heavy atom. The van der Waals surface area contributed by atoms with Crippen LogP contribution in [-0.4, -0.2) is 75.6 Å². The highest BCUT2D eigenvalue weighted by Gasteiger charge is 2.29. The van der Waals surface area contributed by atoms with E-state index in [1.165, 1.54) is 0 Å². The van der Waals surface area contributed by atoms with Crippen LogP contribution >= 0.6 is 0 Å². The summed E-state index contributed by atoms with van der Waals surface area (Å²) in [5.74, 6) is -1.87. The van der Waals surface area contributed by atoms with E-state index in [-0.39, 0.29) is 30.6 Å². The van der Waals surface area contributed by atoms with E-state index >= 15 is 0 Å². The molecule has 2 aliphatic heterocycles. The van der Waals surface area contributed by atoms with Crippen LogP contribution in [0.1, 0.15) is 84.9 Å². The van der Waals surface area contributed by atoms with Gasteiger partial charge in [-0.2, -0.15) is 4.98 Å². The Morgan fingerprint density at radius 1 is 0.865 bits per heavy atom. The molecule has 1 aromatic heterocycles. The predicted molar refractivity (Wildman–Crippen MR) is 197 cm³/mol. The van der Waals surface area contributed by atoms with Crippen molar-refractivity contribution in [1.29, 1.82) is 0 Å². The third-order valence-electron chi connectivity index (χ3n) is 9.13. The molecule has 5 amide bonds. The highest BCUT2D eigenvalue weighted by atomic mass is 16.2. The lowest BCUT2D eigenvalue weighted by Gasteiger charge is -2.25. The Labute approximate surface area is 304 Å². The van der Waals surface area contributed by atoms with Gasteiger partial charge in [0.2, 0.25) is 23.6 Å². The molecule has 5 rings (SSSR count). The van der Waals surface area contributed by atoms with E-state index in [0.717, 1.165) is 16.7 Å². The Bertz CT molecular complexity index is 1750. The first-order valence-corrected chi connectivity index (χ1v) is 18.0. The first-order valence-electron chi connectivity index (χ1n) is 18.0. The summed E-state index contributed by atoms with van der Waals surface area (Å²) < 4.78 is 0. The second kappa shape index (κ2) is 18.8. The SMILES string of the molecule is Cc1nc(=O)[nH]c(C)c1CCC(=O)N1CCCCNC(=O)[C@@H](C)NC(=O)[C@H](CC(C)C)NC(=O)[C@@H](Cc2ccccc2)NC(=O)c2ccc(cc2)C1. The first-order chi connectivity index (χ1) is 24.8. The molecule has 2 aliphatic rings. The van der Waals surface area contributed by atoms with E-state index in [9.17, 15) is 28.8 Å². The molecule has 3 aromatic rings. The number of hydrogen-bond acceptors (Lipinski definition) is 7. The number of H-pyrrole nitrogens is 1. The molecule has 0 aliphatic carbocycles. The Kier molecular flexibility index (Phi) is 14.2. The summed E-state index contributed by atoms with van der Waals surface area (Å²) in [6.07, 6.45) is 2.33. The van der Waals surface area contributed by atoms with Crippen LogP contribution < -0.4 is 27.0 Å². The third-order valence-corrected chi connectivity index (χ3v) is 9.13. The highest BCUT2D eigenvalue weighted by molar-refractivity contribution is 5.99. The van der Waals surface area contributed by atoms with Crippen LogP contribution in [0.5, 0.6) is 0 Å². The number of nitrogens with one attached hydrogen (secondary N) is 5. The number of aryl methyl sites for hydroxylation is 2. The molecular weight excluding hydrogens is 662 g/mol. The summed E-state index contributed by atoms with van der Waals surface area (Å²) in [6.45, 7) is 10.1. The Hall–Kier alpha value is -5.33. The highest BCUT2D eigenvalue weighted by Crippen LogP contribution is 2.15. The number of hydrogen-bond donors (Lipinski definition) is 5. The Morgan fingerprint density at radius 2 is 1.56 bits per heavy atom. The van der Waals surface area contributed by atoms with Crippen molar-refractivity contribution in [1.82, 2.24) is 36.1 Å². The summed E-state index contributed by atoms with van der Waals surface area (Å²) in [5, 5.41) is 11.3. The molecule has 13 heteroatoms. The van der Waals surface area contributed by atoms with Crippen LogP contribution in [0, 0.1) is 19.8 Å². The lowest BCUT2D eigenvalue weighted by molar-refractivity contribution is -0.132. The molecule has 0 saturated carbocycles. The molecule has 278 valence electrons. The lowest BCUT2D eigenvalue weighted by Crippen LogP contribution is -2.57. The molecule has 2 aromatic carbocycles. The van der Waals surface area contributed by atoms with Gasteiger partial charge in [0, 0.05) is 49.4 Å². The van der Waals surface area contributed by atoms with Gasteiger partial charge in [-0.05, 0) is 81.2 Å². The number of carbonyl (C=O) groups excluding carboxylic acids is 5. The van der Waals surface area contributed by atoms with Gasteiger partial charge in [0.1, 0.15) is 18.1 Å². The van der Waals surface area contributed by atoms with Crippen LogP contribution in [0.15, 0.2) is 59.4 Å². The minimum atomic E-state index is -0.995. The topological polar surface area (TPSA) is 182 Å². The molecule has 0 fully saturated rings. The largest absolute Gasteiger partial charge is 0.354 e. The number of benzene rings is 2. The van der Waals surface area contributed by atoms with E-state index in [1.807, 2.05) is 44.2 Å². The number of carbonyl (C=O) groups is 5. The number of aromatic amines is 1. The molecule has 0 unspecified atom stereocenters. The van der Waals surface area contributed by atoms with Gasteiger partial charge < -0.3 is 31.2 Å². The molecule has 0 spiro atoms. The van der Waals surface area contributed by atoms with Crippen molar-refractivity contribution in [3.8, 4) is 0 Å². The maximum Gasteiger partial charge on any atom is 0.345 e. The van der Waals surface area contributed by atoms with Gasteiger partial charge in [-0.1, -0.05) is 56.3 Å². The van der Waals surface area contributed by atoms with Crippen molar-refractivity contribution < 1.29 is 24.0 Å². The molecule has 0 saturated heterocycles. The summed E-state index contributed by atoms with van der Waals surface area (Å²) >= 11 is 0. The van der Waals surface area contributed by atoms with Crippen LogP contribution in [-0.2, 0) is 38.6 Å². The molecule has 5 N–H and O–H groups in total. The molecule has 52 heavy (non-hydrogen) atoms. The number of amides is 5. The van der Waals surface area contributed by atoms with Crippen LogP contribution in [0.25, 0.3) is 0 Å². The lowest BCUT2D eigenvalue weighted by atomic mass is 10.0. The van der Waals surface area contributed by atoms with Gasteiger partial charge in [0.05, 0.1) is 0 Å². The van der Waals surface area contributed by atoms with E-state index < -0.39 is 41.5 Å². The summed E-state index contributed by atoms with van der Waals surface area (Å²) in [5.41, 5.74) is 3.65. The van der Waals surface area contributed by atoms with Crippen molar-refractivity contribution in [2.24, 2.45) is 5.92 Å². The van der Waals surface area contributed by atoms with Crippen molar-refractivity contribution in [3.63, 3.8) is 0 Å². The second-order valence-electron chi connectivity index (χ2n) is 13.9. The number of nitrogens with zero attached hydrogens (tertiary/aromatic N) is 2. The van der Waals surface area contributed by atoms with E-state index in [0.29, 0.717) is 62.3 Å². The van der Waals surface area contributed by atoms with Gasteiger partial charge in [0.25, 0.3) is 5.91 Å². The van der Waals surface area contributed by atoms with Crippen molar-refractivity contribution >= 4 is 29.5 Å². The van der Waals surface area contributed by atoms with E-state index in [4.69, 9.17) is 0 Å². The molecular formula is C39H51N7O6. The third kappa shape index (κ3) is 11.6. The summed E-state index contributed by atoms with van der Waals surface area (Å²) in [7, 11) is 0. The van der Waals surface area contributed by atoms with Gasteiger partial charge in [-0.15, -0.1) is 0 Å². The second-order valence-corrected chi connectivity index (χ2v) is 13.9. The van der Waals surface area contributed by atoms with E-state index in [1.54, 1.807) is 49.9 Å². The molecule has 3 atom stereocenters. The molecule has 13 nitrogen and oxygen atoms in total. The smallest absolute Gasteiger partial charge is 0.345 e. The first kappa shape index (κ1) is 39.5. The van der Waals surface area contributed by atoms with Gasteiger partial charge >= 0.3 is 5.69 Å². The van der Waals surface area contributed by atoms with Crippen LogP contribution in [0.4, 0.5) is 0 Å². The molecule has 2 bridgehead atoms. The maximum absolute atomic E-state index is 13.8. The van der Waals surface area contributed by atoms with Crippen molar-refractivity contribution in [2.45, 2.75) is 97.8 Å². The maximum atomic E-state index is 13.8. The van der Waals surface area contributed by atoms with Crippen LogP contribution in [0.2, 0.25) is 0 Å². The minimum Gasteiger partial charge on any atom is -0.354 e. The number of rotatable bonds is 7. The summed E-state index contributed by atoms with van der Waals surface area (Å²) in [6, 6.07) is 13.4. The average Bonchev–Trinajstić information content (AvgIpc) is 3.09. The number of fused-ring (bicyclic) bond motifs is 18. The quantitative estimate of drug-likeness (QED) is 0.233. The average molecular weight is 714 g/mol. The van der Waals surface area contributed by atoms with Gasteiger partial charge in [0.15, 0.2) is 0 Å². The van der Waals surface area contributed by atoms with Gasteiger partial charge in [-0.25, -0.2) is 4.79 Å². The number of aromatic nitrogens is 2. The fraction of sp³-hybridized carbons (Fsp3) is 0.462. The fourth-order valence-corrected chi connectivity index (χ4v) is 6.23. The summed E-state index contributed by atoms with van der Waals surface area (Å²) in [4.78, 5) is 87.5. The fourth-order valence-electron chi connectivity index (χ4n) is 6.23. The minimum absolute atomic E-state index is 0.0518. The van der Waals surface area contributed by atoms with Crippen molar-refractivity contribution in [2.75, 3.05) is 13.1 Å². The molecule has 3 heterocycles. The van der Waals surface area contributed by atoms with E-state index in [2.05, 4.69) is 31.2 Å². The Balaban J connectivity index is 1.58. The van der Waals surface area contributed by atoms with Gasteiger partial charge in [-0.3, -0.25) is 24.0 Å².